The fourth-order valence-electron chi connectivity index (χ4n) is 16.6. The number of fused-ring (bicyclic) bond motifs is 2. The number of aliphatic carboxylic acids is 1. The van der Waals surface area contributed by atoms with Gasteiger partial charge in [-0.15, -0.1) is 0 Å². The van der Waals surface area contributed by atoms with Crippen molar-refractivity contribution in [3.63, 3.8) is 0 Å². The van der Waals surface area contributed by atoms with Gasteiger partial charge in [-0.3, -0.25) is 44.9 Å². The molecule has 6 heterocycles. The molecule has 0 spiro atoms. The van der Waals surface area contributed by atoms with Crippen molar-refractivity contribution in [1.29, 1.82) is 0 Å². The zero-order valence-corrected chi connectivity index (χ0v) is 58.1. The first kappa shape index (κ1) is 71.4. The number of rotatable bonds is 27. The highest BCUT2D eigenvalue weighted by atomic mass is 32.3. The van der Waals surface area contributed by atoms with Gasteiger partial charge in [0.05, 0.1) is 28.6 Å². The monoisotopic (exact) mass is 1420 g/mol. The Morgan fingerprint density at radius 2 is 1.59 bits per heavy atom. The number of hydrogen-bond acceptors (Lipinski definition) is 22. The highest BCUT2D eigenvalue weighted by molar-refractivity contribution is 8.22. The van der Waals surface area contributed by atoms with Crippen LogP contribution in [0.1, 0.15) is 114 Å². The van der Waals surface area contributed by atoms with Gasteiger partial charge in [0.25, 0.3) is 17.7 Å². The Bertz CT molecular complexity index is 4130. The number of thiazole rings is 1. The molecule has 28 nitrogen and oxygen atoms in total. The molecule has 3 aromatic heterocycles. The number of carboxylic acid groups (broad SMARTS) is 2. The van der Waals surface area contributed by atoms with E-state index < -0.39 is 96.0 Å². The minimum atomic E-state index is -4.02. The number of carbonyl (C=O) groups excluding carboxylic acids is 5. The van der Waals surface area contributed by atoms with E-state index in [-0.39, 0.29) is 71.2 Å². The first-order valence-electron chi connectivity index (χ1n) is 33.5. The Morgan fingerprint density at radius 1 is 0.840 bits per heavy atom. The fourth-order valence-corrected chi connectivity index (χ4v) is 18.4. The van der Waals surface area contributed by atoms with Crippen LogP contribution >= 0.6 is 22.1 Å². The van der Waals surface area contributed by atoms with Gasteiger partial charge < -0.3 is 68.7 Å². The maximum Gasteiger partial charge on any atom is 0.410 e. The minimum absolute atomic E-state index is 0.0122. The molecule has 4 saturated carbocycles. The number of amides is 5. The van der Waals surface area contributed by atoms with Crippen LogP contribution in [0, 0.1) is 23.2 Å². The van der Waals surface area contributed by atoms with Gasteiger partial charge in [-0.25, -0.2) is 28.7 Å². The van der Waals surface area contributed by atoms with E-state index in [1.54, 1.807) is 36.5 Å². The van der Waals surface area contributed by atoms with Gasteiger partial charge in [0.1, 0.15) is 43.0 Å². The van der Waals surface area contributed by atoms with Crippen LogP contribution in [0.25, 0.3) is 21.3 Å². The molecule has 7 aliphatic rings. The lowest BCUT2D eigenvalue weighted by Crippen LogP contribution is -2.64. The summed E-state index contributed by atoms with van der Waals surface area (Å²) in [5, 5.41) is 63.8. The summed E-state index contributed by atoms with van der Waals surface area (Å²) in [6.45, 7) is 7.20. The van der Waals surface area contributed by atoms with Crippen molar-refractivity contribution in [2.45, 2.75) is 141 Å². The van der Waals surface area contributed by atoms with Crippen molar-refractivity contribution in [1.82, 2.24) is 39.2 Å². The molecule has 0 radical (unpaired) electrons. The summed E-state index contributed by atoms with van der Waals surface area (Å²) in [5.74, 6) is -4.53. The van der Waals surface area contributed by atoms with Gasteiger partial charge in [-0.2, -0.15) is 5.10 Å². The largest absolute Gasteiger partial charge is 0.479 e. The van der Waals surface area contributed by atoms with E-state index in [1.165, 1.54) is 34.6 Å². The van der Waals surface area contributed by atoms with Crippen molar-refractivity contribution in [3.8, 4) is 16.9 Å². The number of aliphatic hydroxyl groups is 3. The number of nitrogens with one attached hydrogen (secondary N) is 2. The fraction of sp³-hybridized carbons (Fsp3) is 0.486. The van der Waals surface area contributed by atoms with E-state index in [9.17, 15) is 68.2 Å². The van der Waals surface area contributed by atoms with E-state index in [0.29, 0.717) is 84.9 Å². The average molecular weight is 1420 g/mol. The van der Waals surface area contributed by atoms with E-state index in [2.05, 4.69) is 29.5 Å². The Hall–Kier alpha value is -8.43. The molecular formula is C70H86N10O18S2. The molecule has 536 valence electrons. The number of aryl methyl sites for hydroxylation is 1. The number of hydrogen-bond donors (Lipinski definition) is 9. The molecule has 4 bridgehead atoms. The summed E-state index contributed by atoms with van der Waals surface area (Å²) in [7, 11) is -0.944. The number of benzene rings is 3. The van der Waals surface area contributed by atoms with Gasteiger partial charge >= 0.3 is 18.0 Å². The van der Waals surface area contributed by atoms with Crippen molar-refractivity contribution in [2.75, 3.05) is 69.4 Å². The molecule has 5 fully saturated rings. The number of unbranched alkanes of at least 4 members (excludes halogenated alkanes) is 1. The van der Waals surface area contributed by atoms with Crippen molar-refractivity contribution < 1.29 is 87.1 Å². The molecule has 1 saturated heterocycles. The van der Waals surface area contributed by atoms with Crippen LogP contribution in [-0.2, 0) is 65.9 Å². The number of aromatic nitrogens is 4. The molecule has 9 N–H and O–H groups in total. The third-order valence-corrected chi connectivity index (χ3v) is 23.7. The number of ether oxygens (including phenoxy) is 4. The molecule has 5 amide bonds. The molecule has 4 aliphatic carbocycles. The first-order chi connectivity index (χ1) is 47.5. The van der Waals surface area contributed by atoms with E-state index in [4.69, 9.17) is 29.0 Å². The molecular weight excluding hydrogens is 1330 g/mol. The third-order valence-electron chi connectivity index (χ3n) is 20.4. The van der Waals surface area contributed by atoms with Crippen LogP contribution in [0.4, 0.5) is 15.7 Å². The van der Waals surface area contributed by atoms with Gasteiger partial charge in [0, 0.05) is 99.2 Å². The third kappa shape index (κ3) is 15.3. The quantitative estimate of drug-likeness (QED) is 0.0197. The lowest BCUT2D eigenvalue weighted by Gasteiger charge is -2.69. The van der Waals surface area contributed by atoms with Gasteiger partial charge in [-0.1, -0.05) is 61.6 Å². The van der Waals surface area contributed by atoms with Crippen molar-refractivity contribution >= 4 is 84.9 Å². The smallest absolute Gasteiger partial charge is 0.410 e. The van der Waals surface area contributed by atoms with E-state index >= 15 is 0 Å². The number of aliphatic hydroxyl groups excluding tert-OH is 3. The summed E-state index contributed by atoms with van der Waals surface area (Å²) in [6.07, 6.45) is 0.289. The standard InChI is InChI=1S/C70H86N10O18S2/c1-41-47(45-18-19-52(74-56(45)62(88)89)78-24-22-43-12-10-13-46(48(43)31-78)61(87)75-65-73-49-14-6-7-15-51(49)99-65)30-72-80(41)40-69-35-67(2)34-68(3,36-69)38-70(37-67,39-69)96-27-25-77(26-28-100(93,94)76(4)5)66(92)95-33-44-17-16-42(11-8-9-23-71-53(81)32-79-54(82)20-21-55(79)83)29-50(44)97-64-59(86)57(84)58(85)60(98-64)63(90)91/h6-7,10,12-21,29-30,57-60,64,84-86,93-94H,8-9,11,22-28,31-40,100H2,1-5H3,(H,71,81)(H,88,89)(H,90,91)(H,73,75,87)/t57-,58-,59+,60-,64+,67?,68?,69?,70?/m0/s1. The average Bonchev–Trinajstić information content (AvgIpc) is 1.000. The summed E-state index contributed by atoms with van der Waals surface area (Å²) >= 11 is 1.40. The molecule has 6 aromatic rings. The summed E-state index contributed by atoms with van der Waals surface area (Å²) in [4.78, 5) is 103. The second kappa shape index (κ2) is 28.5. The van der Waals surface area contributed by atoms with Crippen LogP contribution in [0.15, 0.2) is 91.1 Å². The van der Waals surface area contributed by atoms with Crippen LogP contribution in [-0.4, -0.2) is 206 Å². The zero-order chi connectivity index (χ0) is 71.2. The highest BCUT2D eigenvalue weighted by Gasteiger charge is 2.66. The van der Waals surface area contributed by atoms with Gasteiger partial charge in [0.2, 0.25) is 12.2 Å². The van der Waals surface area contributed by atoms with Gasteiger partial charge in [-0.05, 0) is 140 Å². The predicted molar refractivity (Wildman–Crippen MR) is 370 cm³/mol. The second-order valence-electron chi connectivity index (χ2n) is 28.6. The Kier molecular flexibility index (Phi) is 20.4. The Morgan fingerprint density at radius 3 is 2.31 bits per heavy atom. The molecule has 3 aliphatic heterocycles. The number of anilines is 2. The zero-order valence-electron chi connectivity index (χ0n) is 56.3. The molecule has 3 aromatic carbocycles. The second-order valence-corrected chi connectivity index (χ2v) is 32.6. The van der Waals surface area contributed by atoms with Crippen LogP contribution in [0.2, 0.25) is 0 Å². The van der Waals surface area contributed by atoms with Crippen LogP contribution < -0.4 is 20.3 Å². The Labute approximate surface area is 582 Å². The SMILES string of the molecule is Cc1c(-c2ccc(N3CCc4cccc(C(=O)Nc5nc6ccccc6s5)c4C3)nc2C(=O)O)cnn1CC12CC3(C)CC(C)(C1)CC(OCCN(CC[SH2](O)(O)N(C)C)C(=O)OCc1ccc(CCCCNC(=O)CN4C(=O)C=CC4=O)cc1O[C@@H]1O[C@H](C(=O)O)[C@@H](O)[C@H](O)[C@H]1O)(C3)C2. The number of imide groups is 1. The number of carbonyl (C=O) groups is 7. The predicted octanol–water partition coefficient (Wildman–Crippen LogP) is 6.48. The maximum absolute atomic E-state index is 14.5. The normalized spacial score (nSPS) is 25.5. The highest BCUT2D eigenvalue weighted by Crippen LogP contribution is 2.72. The molecule has 13 rings (SSSR count). The molecule has 30 heteroatoms. The van der Waals surface area contributed by atoms with E-state index in [1.807, 2.05) is 59.0 Å². The van der Waals surface area contributed by atoms with E-state index in [0.717, 1.165) is 76.2 Å². The number of nitrogens with zero attached hydrogens (tertiary/aromatic N) is 8. The van der Waals surface area contributed by atoms with Crippen LogP contribution in [0.5, 0.6) is 5.75 Å². The lowest BCUT2D eigenvalue weighted by atomic mass is 9.39. The lowest BCUT2D eigenvalue weighted by molar-refractivity contribution is -0.271. The maximum atomic E-state index is 14.5. The Balaban J connectivity index is 0.720. The van der Waals surface area contributed by atoms with Crippen molar-refractivity contribution in [2.24, 2.45) is 16.2 Å². The number of pyridine rings is 1. The summed E-state index contributed by atoms with van der Waals surface area (Å²) in [6, 6.07) is 21.8. The number of carboxylic acids is 2. The summed E-state index contributed by atoms with van der Waals surface area (Å²) in [5.41, 5.74) is 4.58. The number of aromatic carboxylic acids is 1. The minimum Gasteiger partial charge on any atom is -0.479 e. The topological polar surface area (TPSA) is 379 Å². The first-order valence-corrected chi connectivity index (χ1v) is 36.4. The van der Waals surface area contributed by atoms with Crippen molar-refractivity contribution in [3.05, 3.63) is 130 Å². The number of para-hydroxylation sites is 1. The van der Waals surface area contributed by atoms with Crippen LogP contribution in [0.3, 0.4) is 0 Å². The molecule has 7 atom stereocenters. The van der Waals surface area contributed by atoms with Gasteiger partial charge in [0.15, 0.2) is 16.9 Å². The molecule has 100 heavy (non-hydrogen) atoms. The molecule has 2 unspecified atom stereocenters. The summed E-state index contributed by atoms with van der Waals surface area (Å²) < 4.78 is 51.1.